The maximum Gasteiger partial charge on any atom is 0.343 e. The molecule has 1 saturated heterocycles. The summed E-state index contributed by atoms with van der Waals surface area (Å²) in [6.07, 6.45) is 0. The molecule has 0 saturated carbocycles. The van der Waals surface area contributed by atoms with Crippen LogP contribution in [0.3, 0.4) is 0 Å². The third-order valence-corrected chi connectivity index (χ3v) is 5.98. The highest BCUT2D eigenvalue weighted by Crippen LogP contribution is 2.32. The van der Waals surface area contributed by atoms with Crippen LogP contribution in [0.1, 0.15) is 22.8 Å². The summed E-state index contributed by atoms with van der Waals surface area (Å²) in [6.45, 7) is 7.35. The Morgan fingerprint density at radius 3 is 2.61 bits per heavy atom. The lowest BCUT2D eigenvalue weighted by Crippen LogP contribution is -2.46. The van der Waals surface area contributed by atoms with Crippen LogP contribution in [0.5, 0.6) is 5.75 Å². The van der Waals surface area contributed by atoms with Crippen LogP contribution in [0.2, 0.25) is 0 Å². The Kier molecular flexibility index (Phi) is 5.24. The topological polar surface area (TPSA) is 69.5 Å². The van der Waals surface area contributed by atoms with Crippen molar-refractivity contribution in [1.29, 1.82) is 5.26 Å². The van der Waals surface area contributed by atoms with Crippen LogP contribution in [-0.2, 0) is 0 Å². The monoisotopic (exact) mass is 392 g/mol. The molecule has 0 atom stereocenters. The minimum atomic E-state index is -0.440. The van der Waals surface area contributed by atoms with Gasteiger partial charge in [-0.15, -0.1) is 0 Å². The third kappa shape index (κ3) is 3.84. The number of esters is 1. The number of nitriles is 1. The smallest absolute Gasteiger partial charge is 0.343 e. The van der Waals surface area contributed by atoms with E-state index in [1.807, 2.05) is 18.2 Å². The van der Waals surface area contributed by atoms with Crippen LogP contribution >= 0.6 is 11.3 Å². The lowest BCUT2D eigenvalue weighted by Gasteiger charge is -2.33. The number of hydrogen-bond acceptors (Lipinski definition) is 7. The van der Waals surface area contributed by atoms with Crippen LogP contribution in [-0.4, -0.2) is 48.6 Å². The zero-order valence-corrected chi connectivity index (χ0v) is 16.4. The average Bonchev–Trinajstić information content (AvgIpc) is 3.17. The minimum Gasteiger partial charge on any atom is -0.423 e. The standard InChI is InChI=1S/C21H20N4O2S/c1-2-24-9-11-25(12-10-24)21-23-18-8-7-17(13-19(18)28-21)27-20(26)16-5-3-15(14-22)4-6-16/h3-8,13H,2,9-12H2,1H3. The molecule has 4 rings (SSSR count). The maximum absolute atomic E-state index is 12.3. The highest BCUT2D eigenvalue weighted by atomic mass is 32.1. The largest absolute Gasteiger partial charge is 0.423 e. The SMILES string of the molecule is CCN1CCN(c2nc3ccc(OC(=O)c4ccc(C#N)cc4)cc3s2)CC1. The molecule has 1 fully saturated rings. The van der Waals surface area contributed by atoms with Gasteiger partial charge in [-0.3, -0.25) is 0 Å². The van der Waals surface area contributed by atoms with Gasteiger partial charge >= 0.3 is 5.97 Å². The van der Waals surface area contributed by atoms with Gasteiger partial charge in [0, 0.05) is 32.2 Å². The zero-order valence-electron chi connectivity index (χ0n) is 15.6. The van der Waals surface area contributed by atoms with E-state index in [2.05, 4.69) is 16.7 Å². The summed E-state index contributed by atoms with van der Waals surface area (Å²) in [4.78, 5) is 21.8. The fourth-order valence-electron chi connectivity index (χ4n) is 3.19. The van der Waals surface area contributed by atoms with E-state index in [1.165, 1.54) is 0 Å². The van der Waals surface area contributed by atoms with E-state index in [9.17, 15) is 4.79 Å². The van der Waals surface area contributed by atoms with Crippen molar-refractivity contribution in [1.82, 2.24) is 9.88 Å². The number of carbonyl (C=O) groups is 1. The molecule has 0 bridgehead atoms. The Morgan fingerprint density at radius 2 is 1.93 bits per heavy atom. The van der Waals surface area contributed by atoms with Crippen molar-refractivity contribution in [3.05, 3.63) is 53.6 Å². The number of aromatic nitrogens is 1. The quantitative estimate of drug-likeness (QED) is 0.500. The Bertz CT molecular complexity index is 1030. The first-order valence-corrected chi connectivity index (χ1v) is 10.1. The Balaban J connectivity index is 1.48. The van der Waals surface area contributed by atoms with E-state index in [-0.39, 0.29) is 0 Å². The number of anilines is 1. The number of rotatable bonds is 4. The molecule has 142 valence electrons. The van der Waals surface area contributed by atoms with E-state index < -0.39 is 5.97 Å². The van der Waals surface area contributed by atoms with Crippen molar-refractivity contribution < 1.29 is 9.53 Å². The van der Waals surface area contributed by atoms with Gasteiger partial charge in [0.05, 0.1) is 27.4 Å². The van der Waals surface area contributed by atoms with Gasteiger partial charge in [0.1, 0.15) is 5.75 Å². The summed E-state index contributed by atoms with van der Waals surface area (Å²) in [5.41, 5.74) is 1.84. The molecule has 0 unspecified atom stereocenters. The molecular formula is C21H20N4O2S. The van der Waals surface area contributed by atoms with Crippen LogP contribution in [0.15, 0.2) is 42.5 Å². The molecule has 0 aliphatic carbocycles. The number of benzene rings is 2. The molecule has 0 N–H and O–H groups in total. The lowest BCUT2D eigenvalue weighted by molar-refractivity contribution is 0.0735. The maximum atomic E-state index is 12.3. The predicted molar refractivity (Wildman–Crippen MR) is 110 cm³/mol. The summed E-state index contributed by atoms with van der Waals surface area (Å²) < 4.78 is 6.50. The zero-order chi connectivity index (χ0) is 19.5. The van der Waals surface area contributed by atoms with Gasteiger partial charge in [-0.05, 0) is 42.9 Å². The number of fused-ring (bicyclic) bond motifs is 1. The molecule has 1 aromatic heterocycles. The van der Waals surface area contributed by atoms with E-state index >= 15 is 0 Å². The molecule has 2 heterocycles. The van der Waals surface area contributed by atoms with Crippen molar-refractivity contribution in [2.75, 3.05) is 37.6 Å². The third-order valence-electron chi connectivity index (χ3n) is 4.90. The molecular weight excluding hydrogens is 372 g/mol. The van der Waals surface area contributed by atoms with Gasteiger partial charge in [-0.25, -0.2) is 9.78 Å². The molecule has 0 amide bonds. The molecule has 0 radical (unpaired) electrons. The van der Waals surface area contributed by atoms with Gasteiger partial charge in [0.2, 0.25) is 0 Å². The van der Waals surface area contributed by atoms with Crippen LogP contribution < -0.4 is 9.64 Å². The van der Waals surface area contributed by atoms with Crippen molar-refractivity contribution in [3.8, 4) is 11.8 Å². The fourth-order valence-corrected chi connectivity index (χ4v) is 4.24. The first-order valence-electron chi connectivity index (χ1n) is 9.26. The van der Waals surface area contributed by atoms with Gasteiger partial charge in [-0.2, -0.15) is 5.26 Å². The van der Waals surface area contributed by atoms with Crippen molar-refractivity contribution in [2.45, 2.75) is 6.92 Å². The minimum absolute atomic E-state index is 0.415. The van der Waals surface area contributed by atoms with Crippen LogP contribution in [0.25, 0.3) is 10.2 Å². The summed E-state index contributed by atoms with van der Waals surface area (Å²) in [7, 11) is 0. The first kappa shape index (κ1) is 18.4. The number of ether oxygens (including phenoxy) is 1. The summed E-state index contributed by atoms with van der Waals surface area (Å²) in [5.74, 6) is 0.0529. The van der Waals surface area contributed by atoms with Crippen molar-refractivity contribution >= 4 is 32.7 Å². The molecule has 3 aromatic rings. The Morgan fingerprint density at radius 1 is 1.18 bits per heavy atom. The molecule has 1 aliphatic heterocycles. The van der Waals surface area contributed by atoms with Crippen molar-refractivity contribution in [3.63, 3.8) is 0 Å². The predicted octanol–water partition coefficient (Wildman–Crippen LogP) is 3.53. The summed E-state index contributed by atoms with van der Waals surface area (Å²) in [5, 5.41) is 9.86. The fraction of sp³-hybridized carbons (Fsp3) is 0.286. The highest BCUT2D eigenvalue weighted by molar-refractivity contribution is 7.22. The molecule has 28 heavy (non-hydrogen) atoms. The van der Waals surface area contributed by atoms with E-state index in [0.29, 0.717) is 16.9 Å². The normalized spacial score (nSPS) is 14.8. The van der Waals surface area contributed by atoms with Crippen molar-refractivity contribution in [2.24, 2.45) is 0 Å². The van der Waals surface area contributed by atoms with E-state index in [0.717, 1.165) is 48.1 Å². The van der Waals surface area contributed by atoms with Gasteiger partial charge < -0.3 is 14.5 Å². The highest BCUT2D eigenvalue weighted by Gasteiger charge is 2.19. The number of hydrogen-bond donors (Lipinski definition) is 0. The molecule has 7 heteroatoms. The number of nitrogens with zero attached hydrogens (tertiary/aromatic N) is 4. The van der Waals surface area contributed by atoms with Crippen LogP contribution in [0.4, 0.5) is 5.13 Å². The van der Waals surface area contributed by atoms with E-state index in [1.54, 1.807) is 41.7 Å². The van der Waals surface area contributed by atoms with E-state index in [4.69, 9.17) is 15.0 Å². The summed E-state index contributed by atoms with van der Waals surface area (Å²) in [6, 6.07) is 14.0. The molecule has 2 aromatic carbocycles. The van der Waals surface area contributed by atoms with Gasteiger partial charge in [0.25, 0.3) is 0 Å². The molecule has 0 spiro atoms. The molecule has 6 nitrogen and oxygen atoms in total. The Hall–Kier alpha value is -2.95. The number of piperazine rings is 1. The summed E-state index contributed by atoms with van der Waals surface area (Å²) >= 11 is 1.62. The second-order valence-corrected chi connectivity index (χ2v) is 7.64. The first-order chi connectivity index (χ1) is 13.7. The average molecular weight is 392 g/mol. The van der Waals surface area contributed by atoms with Gasteiger partial charge in [-0.1, -0.05) is 18.3 Å². The number of thiazole rings is 1. The number of likely N-dealkylation sites (N-methyl/N-ethyl adjacent to an activating group) is 1. The second kappa shape index (κ2) is 7.97. The molecule has 1 aliphatic rings. The Labute approximate surface area is 167 Å². The van der Waals surface area contributed by atoms with Crippen LogP contribution in [0, 0.1) is 11.3 Å². The number of carbonyl (C=O) groups excluding carboxylic acids is 1. The van der Waals surface area contributed by atoms with Gasteiger partial charge in [0.15, 0.2) is 5.13 Å². The lowest BCUT2D eigenvalue weighted by atomic mass is 10.1. The second-order valence-electron chi connectivity index (χ2n) is 6.63.